The summed E-state index contributed by atoms with van der Waals surface area (Å²) in [6, 6.07) is 0. The van der Waals surface area contributed by atoms with Crippen molar-refractivity contribution in [2.75, 3.05) is 0 Å². The molecule has 0 radical (unpaired) electrons. The van der Waals surface area contributed by atoms with E-state index in [1.165, 1.54) is 19.3 Å². The second-order valence-corrected chi connectivity index (χ2v) is 5.07. The third kappa shape index (κ3) is 2.68. The SMILES string of the molecule is CCC(C)S[C@H]1CCC[C@@H]1O. The molecule has 0 saturated heterocycles. The molecule has 11 heavy (non-hydrogen) atoms. The van der Waals surface area contributed by atoms with E-state index in [2.05, 4.69) is 13.8 Å². The Hall–Kier alpha value is 0.310. The summed E-state index contributed by atoms with van der Waals surface area (Å²) in [5.74, 6) is 0. The van der Waals surface area contributed by atoms with Crippen molar-refractivity contribution in [1.82, 2.24) is 0 Å². The Morgan fingerprint density at radius 1 is 1.55 bits per heavy atom. The molecule has 1 aliphatic rings. The van der Waals surface area contributed by atoms with Crippen molar-refractivity contribution < 1.29 is 5.11 Å². The Morgan fingerprint density at radius 3 is 2.73 bits per heavy atom. The van der Waals surface area contributed by atoms with Gasteiger partial charge in [-0.05, 0) is 25.7 Å². The van der Waals surface area contributed by atoms with E-state index in [9.17, 15) is 5.11 Å². The quantitative estimate of drug-likeness (QED) is 0.709. The monoisotopic (exact) mass is 174 g/mol. The third-order valence-corrected chi connectivity index (χ3v) is 4.10. The van der Waals surface area contributed by atoms with Crippen molar-refractivity contribution in [3.8, 4) is 0 Å². The Labute approximate surface area is 73.6 Å². The molecule has 1 rings (SSSR count). The minimum absolute atomic E-state index is 0.0194. The van der Waals surface area contributed by atoms with E-state index in [0.29, 0.717) is 10.5 Å². The summed E-state index contributed by atoms with van der Waals surface area (Å²) in [7, 11) is 0. The van der Waals surface area contributed by atoms with Crippen LogP contribution in [-0.4, -0.2) is 21.7 Å². The van der Waals surface area contributed by atoms with Gasteiger partial charge in [-0.25, -0.2) is 0 Å². The van der Waals surface area contributed by atoms with E-state index in [0.717, 1.165) is 6.42 Å². The van der Waals surface area contributed by atoms with E-state index in [-0.39, 0.29) is 6.10 Å². The van der Waals surface area contributed by atoms with Gasteiger partial charge in [0.05, 0.1) is 6.10 Å². The molecule has 1 aliphatic carbocycles. The second kappa shape index (κ2) is 4.36. The van der Waals surface area contributed by atoms with Crippen LogP contribution in [0, 0.1) is 0 Å². The van der Waals surface area contributed by atoms with Gasteiger partial charge >= 0.3 is 0 Å². The Balaban J connectivity index is 2.24. The summed E-state index contributed by atoms with van der Waals surface area (Å²) in [5, 5.41) is 10.8. The molecule has 0 aliphatic heterocycles. The first kappa shape index (κ1) is 9.40. The number of aliphatic hydroxyl groups is 1. The first-order valence-electron chi connectivity index (χ1n) is 4.57. The number of hydrogen-bond acceptors (Lipinski definition) is 2. The standard InChI is InChI=1S/C9H18OS/c1-3-7(2)11-9-6-4-5-8(9)10/h7-10H,3-6H2,1-2H3/t7?,8-,9-/m0/s1. The molecule has 66 valence electrons. The molecule has 1 N–H and O–H groups in total. The first-order chi connectivity index (χ1) is 5.24. The summed E-state index contributed by atoms with van der Waals surface area (Å²) in [6.07, 6.45) is 4.65. The molecule has 0 aromatic rings. The molecule has 0 spiro atoms. The topological polar surface area (TPSA) is 20.2 Å². The van der Waals surface area contributed by atoms with Gasteiger partial charge in [0.15, 0.2) is 0 Å². The molecule has 0 bridgehead atoms. The largest absolute Gasteiger partial charge is 0.392 e. The van der Waals surface area contributed by atoms with E-state index < -0.39 is 0 Å². The van der Waals surface area contributed by atoms with E-state index >= 15 is 0 Å². The lowest BCUT2D eigenvalue weighted by atomic mass is 10.3. The van der Waals surface area contributed by atoms with Crippen LogP contribution in [0.4, 0.5) is 0 Å². The van der Waals surface area contributed by atoms with Gasteiger partial charge in [-0.15, -0.1) is 0 Å². The van der Waals surface area contributed by atoms with Crippen LogP contribution in [0.25, 0.3) is 0 Å². The molecule has 1 fully saturated rings. The van der Waals surface area contributed by atoms with Crippen LogP contribution >= 0.6 is 11.8 Å². The van der Waals surface area contributed by atoms with Crippen molar-refractivity contribution in [2.45, 2.75) is 56.1 Å². The van der Waals surface area contributed by atoms with Gasteiger partial charge in [-0.3, -0.25) is 0 Å². The lowest BCUT2D eigenvalue weighted by Crippen LogP contribution is -2.17. The van der Waals surface area contributed by atoms with Crippen LogP contribution in [0.3, 0.4) is 0 Å². The van der Waals surface area contributed by atoms with Crippen molar-refractivity contribution >= 4 is 11.8 Å². The highest BCUT2D eigenvalue weighted by Crippen LogP contribution is 2.33. The fraction of sp³-hybridized carbons (Fsp3) is 1.00. The van der Waals surface area contributed by atoms with Gasteiger partial charge in [-0.1, -0.05) is 13.8 Å². The van der Waals surface area contributed by atoms with Gasteiger partial charge in [0.25, 0.3) is 0 Å². The number of thioether (sulfide) groups is 1. The van der Waals surface area contributed by atoms with Crippen LogP contribution in [-0.2, 0) is 0 Å². The summed E-state index contributed by atoms with van der Waals surface area (Å²) in [4.78, 5) is 0. The molecule has 0 aromatic carbocycles. The van der Waals surface area contributed by atoms with Crippen molar-refractivity contribution in [1.29, 1.82) is 0 Å². The lowest BCUT2D eigenvalue weighted by Gasteiger charge is -2.17. The summed E-state index contributed by atoms with van der Waals surface area (Å²) >= 11 is 1.97. The minimum atomic E-state index is -0.0194. The van der Waals surface area contributed by atoms with Gasteiger partial charge in [-0.2, -0.15) is 11.8 Å². The molecule has 0 aromatic heterocycles. The maximum absolute atomic E-state index is 9.51. The van der Waals surface area contributed by atoms with E-state index in [4.69, 9.17) is 0 Å². The van der Waals surface area contributed by atoms with E-state index in [1.807, 2.05) is 11.8 Å². The zero-order valence-electron chi connectivity index (χ0n) is 7.42. The van der Waals surface area contributed by atoms with Crippen LogP contribution < -0.4 is 0 Å². The average molecular weight is 174 g/mol. The minimum Gasteiger partial charge on any atom is -0.392 e. The number of rotatable bonds is 3. The molecular formula is C9H18OS. The predicted octanol–water partition coefficient (Wildman–Crippen LogP) is 2.43. The summed E-state index contributed by atoms with van der Waals surface area (Å²) in [6.45, 7) is 4.45. The fourth-order valence-corrected chi connectivity index (χ4v) is 2.87. The molecule has 0 heterocycles. The Kier molecular flexibility index (Phi) is 3.73. The Bertz CT molecular complexity index is 116. The van der Waals surface area contributed by atoms with Gasteiger partial charge < -0.3 is 5.11 Å². The molecule has 1 saturated carbocycles. The average Bonchev–Trinajstić information content (AvgIpc) is 2.37. The van der Waals surface area contributed by atoms with Crippen LogP contribution in [0.1, 0.15) is 39.5 Å². The molecule has 3 atom stereocenters. The molecule has 0 amide bonds. The Morgan fingerprint density at radius 2 is 2.27 bits per heavy atom. The predicted molar refractivity (Wildman–Crippen MR) is 51.0 cm³/mol. The highest BCUT2D eigenvalue weighted by molar-refractivity contribution is 8.00. The van der Waals surface area contributed by atoms with Gasteiger partial charge in [0.1, 0.15) is 0 Å². The zero-order valence-corrected chi connectivity index (χ0v) is 8.23. The summed E-state index contributed by atoms with van der Waals surface area (Å²) < 4.78 is 0. The molecule has 2 heteroatoms. The molecule has 1 nitrogen and oxygen atoms in total. The van der Waals surface area contributed by atoms with Crippen LogP contribution in [0.5, 0.6) is 0 Å². The van der Waals surface area contributed by atoms with Crippen LogP contribution in [0.15, 0.2) is 0 Å². The summed E-state index contributed by atoms with van der Waals surface area (Å²) in [5.41, 5.74) is 0. The van der Waals surface area contributed by atoms with E-state index in [1.54, 1.807) is 0 Å². The highest BCUT2D eigenvalue weighted by atomic mass is 32.2. The number of hydrogen-bond donors (Lipinski definition) is 1. The third-order valence-electron chi connectivity index (χ3n) is 2.40. The van der Waals surface area contributed by atoms with Crippen molar-refractivity contribution in [2.24, 2.45) is 0 Å². The number of aliphatic hydroxyl groups excluding tert-OH is 1. The van der Waals surface area contributed by atoms with Crippen molar-refractivity contribution in [3.05, 3.63) is 0 Å². The maximum atomic E-state index is 9.51. The second-order valence-electron chi connectivity index (χ2n) is 3.39. The van der Waals surface area contributed by atoms with Gasteiger partial charge in [0.2, 0.25) is 0 Å². The van der Waals surface area contributed by atoms with Crippen molar-refractivity contribution in [3.63, 3.8) is 0 Å². The zero-order chi connectivity index (χ0) is 8.27. The van der Waals surface area contributed by atoms with Gasteiger partial charge in [0, 0.05) is 10.5 Å². The fourth-order valence-electron chi connectivity index (χ4n) is 1.46. The lowest BCUT2D eigenvalue weighted by molar-refractivity contribution is 0.188. The van der Waals surface area contributed by atoms with Crippen LogP contribution in [0.2, 0.25) is 0 Å². The highest BCUT2D eigenvalue weighted by Gasteiger charge is 2.26. The molecular weight excluding hydrogens is 156 g/mol. The first-order valence-corrected chi connectivity index (χ1v) is 5.51. The smallest absolute Gasteiger partial charge is 0.0658 e. The maximum Gasteiger partial charge on any atom is 0.0658 e. The normalized spacial score (nSPS) is 34.1. The molecule has 1 unspecified atom stereocenters.